The van der Waals surface area contributed by atoms with Crippen molar-refractivity contribution in [2.45, 2.75) is 51.1 Å². The predicted molar refractivity (Wildman–Crippen MR) is 100 cm³/mol. The van der Waals surface area contributed by atoms with Gasteiger partial charge in [0, 0.05) is 29.1 Å². The zero-order chi connectivity index (χ0) is 20.4. The van der Waals surface area contributed by atoms with E-state index in [1.807, 2.05) is 30.5 Å². The lowest BCUT2D eigenvalue weighted by Gasteiger charge is -2.39. The number of para-hydroxylation sites is 1. The highest BCUT2D eigenvalue weighted by molar-refractivity contribution is 5.34. The first-order chi connectivity index (χ1) is 13.3. The van der Waals surface area contributed by atoms with Crippen LogP contribution in [0.5, 0.6) is 5.75 Å². The topological polar surface area (TPSA) is 121 Å². The molecule has 0 unspecified atom stereocenters. The molecule has 1 fully saturated rings. The summed E-state index contributed by atoms with van der Waals surface area (Å²) in [6.07, 6.45) is -6.73. The van der Waals surface area contributed by atoms with Gasteiger partial charge in [-0.1, -0.05) is 18.2 Å². The molecule has 0 radical (unpaired) electrons. The lowest BCUT2D eigenvalue weighted by atomic mass is 9.99. The van der Waals surface area contributed by atoms with E-state index in [1.54, 1.807) is 24.3 Å². The molecular formula is C20H25NO7. The second-order valence-corrected chi connectivity index (χ2v) is 6.98. The first-order valence-corrected chi connectivity index (χ1v) is 9.05. The van der Waals surface area contributed by atoms with E-state index in [9.17, 15) is 25.2 Å². The van der Waals surface area contributed by atoms with Gasteiger partial charge >= 0.3 is 0 Å². The van der Waals surface area contributed by atoms with Crippen LogP contribution in [0.15, 0.2) is 41.2 Å². The molecule has 1 saturated heterocycles. The SMILES string of the molecule is Cc1cc(=O)cc(C)n1Cc1ccccc1O[C@@H]1O[C@H](CO)[C@@H](O)[C@H](O)[C@H]1O. The minimum atomic E-state index is -1.51. The largest absolute Gasteiger partial charge is 0.462 e. The van der Waals surface area contributed by atoms with Gasteiger partial charge < -0.3 is 34.5 Å². The Morgan fingerprint density at radius 3 is 2.32 bits per heavy atom. The van der Waals surface area contributed by atoms with Crippen molar-refractivity contribution in [1.29, 1.82) is 0 Å². The predicted octanol–water partition coefficient (Wildman–Crippen LogP) is -0.308. The minimum absolute atomic E-state index is 0.0582. The maximum absolute atomic E-state index is 11.7. The van der Waals surface area contributed by atoms with Crippen LogP contribution >= 0.6 is 0 Å². The second kappa shape index (κ2) is 8.42. The molecule has 1 aromatic heterocycles. The van der Waals surface area contributed by atoms with Crippen molar-refractivity contribution < 1.29 is 29.9 Å². The Morgan fingerprint density at radius 2 is 1.68 bits per heavy atom. The van der Waals surface area contributed by atoms with E-state index in [0.29, 0.717) is 12.3 Å². The standard InChI is InChI=1S/C20H25NO7/c1-11-7-14(23)8-12(2)21(11)9-13-5-3-4-6-15(13)27-20-19(26)18(25)17(24)16(10-22)28-20/h3-8,16-20,22,24-26H,9-10H2,1-2H3/t16-,17-,18+,19-,20-/m1/s1. The van der Waals surface area contributed by atoms with Crippen LogP contribution < -0.4 is 10.2 Å². The molecule has 2 aromatic rings. The highest BCUT2D eigenvalue weighted by atomic mass is 16.7. The van der Waals surface area contributed by atoms with E-state index in [4.69, 9.17) is 9.47 Å². The van der Waals surface area contributed by atoms with Gasteiger partial charge in [-0.05, 0) is 19.9 Å². The average Bonchev–Trinajstić information content (AvgIpc) is 2.66. The van der Waals surface area contributed by atoms with Crippen molar-refractivity contribution in [2.75, 3.05) is 6.61 Å². The molecule has 8 heteroatoms. The van der Waals surface area contributed by atoms with Gasteiger partial charge in [-0.25, -0.2) is 0 Å². The summed E-state index contributed by atoms with van der Waals surface area (Å²) in [7, 11) is 0. The van der Waals surface area contributed by atoms with Crippen LogP contribution in [0.25, 0.3) is 0 Å². The zero-order valence-electron chi connectivity index (χ0n) is 15.7. The average molecular weight is 391 g/mol. The fourth-order valence-electron chi connectivity index (χ4n) is 3.35. The number of hydrogen-bond donors (Lipinski definition) is 4. The fraction of sp³-hybridized carbons (Fsp3) is 0.450. The number of aliphatic hydroxyl groups is 4. The Bertz CT molecular complexity index is 853. The third-order valence-corrected chi connectivity index (χ3v) is 4.95. The van der Waals surface area contributed by atoms with Crippen LogP contribution in [0, 0.1) is 13.8 Å². The Hall–Kier alpha value is -2.23. The molecule has 1 aliphatic rings. The fourth-order valence-corrected chi connectivity index (χ4v) is 3.35. The summed E-state index contributed by atoms with van der Waals surface area (Å²) in [6.45, 7) is 3.58. The van der Waals surface area contributed by atoms with Gasteiger partial charge in [0.05, 0.1) is 13.2 Å². The van der Waals surface area contributed by atoms with Crippen LogP contribution in [0.3, 0.4) is 0 Å². The molecule has 152 valence electrons. The zero-order valence-corrected chi connectivity index (χ0v) is 15.7. The van der Waals surface area contributed by atoms with Crippen LogP contribution in [0.2, 0.25) is 0 Å². The Labute approximate surface area is 162 Å². The summed E-state index contributed by atoms with van der Waals surface area (Å²) in [6, 6.07) is 10.2. The molecular weight excluding hydrogens is 366 g/mol. The molecule has 2 heterocycles. The van der Waals surface area contributed by atoms with E-state index in [1.165, 1.54) is 0 Å². The number of nitrogens with zero attached hydrogens (tertiary/aromatic N) is 1. The highest BCUT2D eigenvalue weighted by Gasteiger charge is 2.44. The number of ether oxygens (including phenoxy) is 2. The van der Waals surface area contributed by atoms with Gasteiger partial charge in [0.1, 0.15) is 30.2 Å². The highest BCUT2D eigenvalue weighted by Crippen LogP contribution is 2.27. The van der Waals surface area contributed by atoms with E-state index in [0.717, 1.165) is 17.0 Å². The number of aromatic nitrogens is 1. The molecule has 0 aliphatic carbocycles. The van der Waals surface area contributed by atoms with E-state index in [-0.39, 0.29) is 5.43 Å². The maximum atomic E-state index is 11.7. The normalized spacial score (nSPS) is 27.6. The Balaban J connectivity index is 1.86. The minimum Gasteiger partial charge on any atom is -0.462 e. The number of aliphatic hydroxyl groups excluding tert-OH is 4. The Morgan fingerprint density at radius 1 is 1.04 bits per heavy atom. The summed E-state index contributed by atoms with van der Waals surface area (Å²) < 4.78 is 13.2. The second-order valence-electron chi connectivity index (χ2n) is 6.98. The molecule has 1 aliphatic heterocycles. The van der Waals surface area contributed by atoms with E-state index >= 15 is 0 Å². The number of aryl methyl sites for hydroxylation is 2. The first-order valence-electron chi connectivity index (χ1n) is 9.05. The third kappa shape index (κ3) is 4.11. The monoisotopic (exact) mass is 391 g/mol. The molecule has 0 bridgehead atoms. The molecule has 3 rings (SSSR count). The smallest absolute Gasteiger partial charge is 0.229 e. The van der Waals surface area contributed by atoms with Crippen LogP contribution in [0.4, 0.5) is 0 Å². The van der Waals surface area contributed by atoms with Crippen molar-refractivity contribution in [3.8, 4) is 5.75 Å². The lowest BCUT2D eigenvalue weighted by molar-refractivity contribution is -0.277. The van der Waals surface area contributed by atoms with Gasteiger partial charge in [0.2, 0.25) is 6.29 Å². The first kappa shape index (κ1) is 20.5. The van der Waals surface area contributed by atoms with Gasteiger partial charge in [0.15, 0.2) is 5.43 Å². The van der Waals surface area contributed by atoms with E-state index in [2.05, 4.69) is 0 Å². The number of benzene rings is 1. The molecule has 0 saturated carbocycles. The van der Waals surface area contributed by atoms with Gasteiger partial charge in [-0.2, -0.15) is 0 Å². The van der Waals surface area contributed by atoms with Gasteiger partial charge in [-0.3, -0.25) is 4.79 Å². The van der Waals surface area contributed by atoms with Crippen molar-refractivity contribution in [3.05, 3.63) is 63.6 Å². The maximum Gasteiger partial charge on any atom is 0.229 e. The van der Waals surface area contributed by atoms with Crippen LogP contribution in [-0.4, -0.2) is 62.3 Å². The summed E-state index contributed by atoms with van der Waals surface area (Å²) in [5.74, 6) is 0.421. The van der Waals surface area contributed by atoms with Crippen LogP contribution in [-0.2, 0) is 11.3 Å². The molecule has 1 aromatic carbocycles. The van der Waals surface area contributed by atoms with Crippen molar-refractivity contribution in [2.24, 2.45) is 0 Å². The number of hydrogen-bond acceptors (Lipinski definition) is 7. The number of rotatable bonds is 5. The summed E-state index contributed by atoms with van der Waals surface area (Å²) >= 11 is 0. The summed E-state index contributed by atoms with van der Waals surface area (Å²) in [4.78, 5) is 11.7. The molecule has 0 amide bonds. The molecule has 8 nitrogen and oxygen atoms in total. The molecule has 4 N–H and O–H groups in total. The van der Waals surface area contributed by atoms with E-state index < -0.39 is 37.3 Å². The molecule has 28 heavy (non-hydrogen) atoms. The van der Waals surface area contributed by atoms with Crippen molar-refractivity contribution in [1.82, 2.24) is 4.57 Å². The van der Waals surface area contributed by atoms with Crippen LogP contribution in [0.1, 0.15) is 17.0 Å². The summed E-state index contributed by atoms with van der Waals surface area (Å²) in [5, 5.41) is 39.4. The number of pyridine rings is 1. The van der Waals surface area contributed by atoms with Crippen molar-refractivity contribution in [3.63, 3.8) is 0 Å². The van der Waals surface area contributed by atoms with Crippen molar-refractivity contribution >= 4 is 0 Å². The lowest BCUT2D eigenvalue weighted by Crippen LogP contribution is -2.60. The van der Waals surface area contributed by atoms with Gasteiger partial charge in [-0.15, -0.1) is 0 Å². The molecule has 5 atom stereocenters. The van der Waals surface area contributed by atoms with Gasteiger partial charge in [0.25, 0.3) is 0 Å². The summed E-state index contributed by atoms with van der Waals surface area (Å²) in [5.41, 5.74) is 2.31. The third-order valence-electron chi connectivity index (χ3n) is 4.95. The quantitative estimate of drug-likeness (QED) is 0.552. The molecule has 0 spiro atoms. The Kier molecular flexibility index (Phi) is 6.17.